The summed E-state index contributed by atoms with van der Waals surface area (Å²) in [5, 5.41) is 16.6. The van der Waals surface area contributed by atoms with Gasteiger partial charge in [-0.05, 0) is 0 Å². The molecule has 0 fully saturated rings. The highest BCUT2D eigenvalue weighted by molar-refractivity contribution is 5.91. The largest absolute Gasteiger partial charge is 0.460 e. The van der Waals surface area contributed by atoms with Crippen molar-refractivity contribution in [2.24, 2.45) is 0 Å². The first-order chi connectivity index (χ1) is 6.70. The molecule has 0 aliphatic rings. The molecule has 7 heteroatoms. The molecule has 0 aliphatic heterocycles. The zero-order valence-corrected chi connectivity index (χ0v) is 8.22. The van der Waals surface area contributed by atoms with Crippen LogP contribution in [0.3, 0.4) is 0 Å². The molecule has 0 radical (unpaired) electrons. The molecule has 0 unspecified atom stereocenters. The number of carbonyl (C=O) groups is 2. The fourth-order valence-electron chi connectivity index (χ4n) is 0.525. The number of ether oxygens (including phenoxy) is 2. The van der Waals surface area contributed by atoms with Gasteiger partial charge in [0.25, 0.3) is 0 Å². The van der Waals surface area contributed by atoms with E-state index in [9.17, 15) is 9.59 Å². The van der Waals surface area contributed by atoms with Crippen molar-refractivity contribution in [3.05, 3.63) is 12.2 Å². The van der Waals surface area contributed by atoms with Crippen LogP contribution in [0.2, 0.25) is 0 Å². The summed E-state index contributed by atoms with van der Waals surface area (Å²) >= 11 is 0. The lowest BCUT2D eigenvalue weighted by molar-refractivity contribution is -0.141. The maximum Gasteiger partial charge on any atom is 0.331 e. The predicted octanol–water partition coefficient (Wildman–Crippen LogP) is -1.22. The summed E-state index contributed by atoms with van der Waals surface area (Å²) in [4.78, 5) is 21.4. The van der Waals surface area contributed by atoms with Crippen molar-refractivity contribution >= 4 is 11.9 Å². The van der Waals surface area contributed by atoms with Crippen LogP contribution in [0.1, 0.15) is 0 Å². The van der Waals surface area contributed by atoms with Gasteiger partial charge in [0, 0.05) is 12.2 Å². The summed E-state index contributed by atoms with van der Waals surface area (Å²) < 4.78 is 8.83. The number of rotatable bonds is 6. The summed E-state index contributed by atoms with van der Waals surface area (Å²) in [5.41, 5.74) is 0. The van der Waals surface area contributed by atoms with Gasteiger partial charge in [0.2, 0.25) is 0 Å². The Labute approximate surface area is 86.9 Å². The van der Waals surface area contributed by atoms with Gasteiger partial charge in [-0.15, -0.1) is 0 Å². The molecular weight excluding hydrogens is 206 g/mol. The molecule has 15 heavy (non-hydrogen) atoms. The van der Waals surface area contributed by atoms with Crippen molar-refractivity contribution in [3.63, 3.8) is 0 Å². The minimum absolute atomic E-state index is 0. The number of carbonyl (C=O) groups excluding carboxylic acids is 2. The third kappa shape index (κ3) is 10.5. The Morgan fingerprint density at radius 2 is 1.27 bits per heavy atom. The molecule has 7 nitrogen and oxygen atoms in total. The molecule has 0 atom stereocenters. The fourth-order valence-corrected chi connectivity index (χ4v) is 0.525. The number of esters is 2. The Bertz CT molecular complexity index is 193. The highest BCUT2D eigenvalue weighted by Gasteiger charge is 1.99. The molecule has 0 spiro atoms. The van der Waals surface area contributed by atoms with Crippen LogP contribution in [-0.2, 0) is 19.1 Å². The van der Waals surface area contributed by atoms with Gasteiger partial charge in [0.15, 0.2) is 0 Å². The van der Waals surface area contributed by atoms with Gasteiger partial charge in [0.1, 0.15) is 13.2 Å². The average Bonchev–Trinajstić information content (AvgIpc) is 2.20. The lowest BCUT2D eigenvalue weighted by Crippen LogP contribution is -2.08. The zero-order chi connectivity index (χ0) is 10.8. The monoisotopic (exact) mass is 221 g/mol. The van der Waals surface area contributed by atoms with Crippen molar-refractivity contribution in [2.75, 3.05) is 26.4 Å². The van der Waals surface area contributed by atoms with E-state index < -0.39 is 11.9 Å². The summed E-state index contributed by atoms with van der Waals surface area (Å²) in [7, 11) is 0. The molecule has 0 aliphatic carbocycles. The smallest absolute Gasteiger partial charge is 0.331 e. The molecule has 88 valence electrons. The van der Waals surface area contributed by atoms with Crippen LogP contribution in [0.5, 0.6) is 0 Å². The molecule has 5 N–H and O–H groups in total. The van der Waals surface area contributed by atoms with Crippen molar-refractivity contribution < 1.29 is 29.3 Å². The molecular formula is C8H15NO6. The van der Waals surface area contributed by atoms with Gasteiger partial charge in [-0.25, -0.2) is 9.59 Å². The molecule has 0 aromatic heterocycles. The maximum atomic E-state index is 10.7. The minimum atomic E-state index is -0.736. The van der Waals surface area contributed by atoms with Gasteiger partial charge in [0.05, 0.1) is 13.2 Å². The van der Waals surface area contributed by atoms with Crippen molar-refractivity contribution in [3.8, 4) is 0 Å². The van der Waals surface area contributed by atoms with Crippen molar-refractivity contribution in [1.29, 1.82) is 0 Å². The van der Waals surface area contributed by atoms with Gasteiger partial charge >= 0.3 is 11.9 Å². The Balaban J connectivity index is 0. The maximum absolute atomic E-state index is 10.7. The third-order valence-corrected chi connectivity index (χ3v) is 1.03. The first kappa shape index (κ1) is 16.0. The topological polar surface area (TPSA) is 128 Å². The number of aliphatic hydroxyl groups is 2. The predicted molar refractivity (Wildman–Crippen MR) is 50.3 cm³/mol. The molecule has 0 rings (SSSR count). The fraction of sp³-hybridized carbons (Fsp3) is 0.500. The summed E-state index contributed by atoms with van der Waals surface area (Å²) in [6, 6.07) is 0. The highest BCUT2D eigenvalue weighted by atomic mass is 16.5. The second-order valence-electron chi connectivity index (χ2n) is 2.12. The van der Waals surface area contributed by atoms with E-state index in [4.69, 9.17) is 10.2 Å². The molecule has 0 aromatic rings. The van der Waals surface area contributed by atoms with Crippen LogP contribution in [0.4, 0.5) is 0 Å². The Morgan fingerprint density at radius 1 is 0.933 bits per heavy atom. The van der Waals surface area contributed by atoms with E-state index in [-0.39, 0.29) is 32.6 Å². The van der Waals surface area contributed by atoms with E-state index in [0.717, 1.165) is 12.2 Å². The Hall–Kier alpha value is -1.44. The van der Waals surface area contributed by atoms with Crippen molar-refractivity contribution in [1.82, 2.24) is 6.15 Å². The zero-order valence-electron chi connectivity index (χ0n) is 8.22. The van der Waals surface area contributed by atoms with Gasteiger partial charge in [-0.2, -0.15) is 0 Å². The quantitative estimate of drug-likeness (QED) is 0.378. The SMILES string of the molecule is N.O=C(/C=C\C(=O)OCCO)OCCO. The van der Waals surface area contributed by atoms with Crippen LogP contribution in [0.15, 0.2) is 12.2 Å². The van der Waals surface area contributed by atoms with Gasteiger partial charge < -0.3 is 25.8 Å². The van der Waals surface area contributed by atoms with Crippen LogP contribution >= 0.6 is 0 Å². The van der Waals surface area contributed by atoms with E-state index in [1.807, 2.05) is 0 Å². The number of hydrogen-bond acceptors (Lipinski definition) is 7. The molecule has 0 saturated heterocycles. The molecule has 0 amide bonds. The van der Waals surface area contributed by atoms with Crippen LogP contribution in [0.25, 0.3) is 0 Å². The number of hydrogen-bond donors (Lipinski definition) is 3. The van der Waals surface area contributed by atoms with Crippen LogP contribution in [0, 0.1) is 0 Å². The lowest BCUT2D eigenvalue weighted by atomic mass is 10.5. The van der Waals surface area contributed by atoms with E-state index in [1.165, 1.54) is 0 Å². The highest BCUT2D eigenvalue weighted by Crippen LogP contribution is 1.85. The minimum Gasteiger partial charge on any atom is -0.460 e. The second kappa shape index (κ2) is 10.6. The number of aliphatic hydroxyl groups excluding tert-OH is 2. The van der Waals surface area contributed by atoms with E-state index >= 15 is 0 Å². The Morgan fingerprint density at radius 3 is 1.53 bits per heavy atom. The lowest BCUT2D eigenvalue weighted by Gasteiger charge is -1.98. The average molecular weight is 221 g/mol. The van der Waals surface area contributed by atoms with Crippen LogP contribution in [-0.4, -0.2) is 48.6 Å². The second-order valence-corrected chi connectivity index (χ2v) is 2.12. The normalized spacial score (nSPS) is 9.47. The summed E-state index contributed by atoms with van der Waals surface area (Å²) in [6.45, 7) is -0.771. The van der Waals surface area contributed by atoms with Gasteiger partial charge in [-0.3, -0.25) is 0 Å². The van der Waals surface area contributed by atoms with E-state index in [2.05, 4.69) is 9.47 Å². The molecule has 0 heterocycles. The first-order valence-electron chi connectivity index (χ1n) is 3.94. The Kier molecular flexibility index (Phi) is 11.4. The standard InChI is InChI=1S/C8H12O6.H3N/c9-3-5-13-7(11)1-2-8(12)14-6-4-10;/h1-2,9-10H,3-6H2;1H3/b2-1-;. The van der Waals surface area contributed by atoms with E-state index in [1.54, 1.807) is 0 Å². The summed E-state index contributed by atoms with van der Waals surface area (Å²) in [5.74, 6) is -1.47. The molecule has 0 bridgehead atoms. The molecule has 0 saturated carbocycles. The van der Waals surface area contributed by atoms with E-state index in [0.29, 0.717) is 0 Å². The summed E-state index contributed by atoms with van der Waals surface area (Å²) in [6.07, 6.45) is 1.77. The third-order valence-electron chi connectivity index (χ3n) is 1.03. The van der Waals surface area contributed by atoms with Crippen molar-refractivity contribution in [2.45, 2.75) is 0 Å². The van der Waals surface area contributed by atoms with Crippen LogP contribution < -0.4 is 6.15 Å². The first-order valence-corrected chi connectivity index (χ1v) is 3.94. The van der Waals surface area contributed by atoms with Gasteiger partial charge in [-0.1, -0.05) is 0 Å². The molecule has 0 aromatic carbocycles.